The Morgan fingerprint density at radius 2 is 1.74 bits per heavy atom. The number of carbonyl (C=O) groups is 4. The van der Waals surface area contributed by atoms with Crippen molar-refractivity contribution in [1.29, 1.82) is 0 Å². The summed E-state index contributed by atoms with van der Waals surface area (Å²) in [4.78, 5) is 83.1. The summed E-state index contributed by atoms with van der Waals surface area (Å²) in [6.45, 7) is 13.2. The standard InChI is InChI=1S/C28H46N6O9/c1-7-34(8-2,9-3)43-23(36)13-11-10-12-15-29-24(37)25(38)32-18-20(17-30-27(40)42-28(4,5)6)41-22(19-32)33-16-14-21(35)31-26(33)39/h14,16,20,22H,7-13,15,17-19H2,1-6H3,(H2-,29,30,31,35,37,39,40)/q+1/p+1/t20-,22-/m1/s1. The van der Waals surface area contributed by atoms with Gasteiger partial charge < -0.3 is 20.1 Å². The molecular formula is C28H47N6O9+2. The van der Waals surface area contributed by atoms with Crippen LogP contribution >= 0.6 is 0 Å². The van der Waals surface area contributed by atoms with Crippen LogP contribution in [-0.4, -0.2) is 100 Å². The first-order valence-corrected chi connectivity index (χ1v) is 14.8. The average Bonchev–Trinajstić information content (AvgIpc) is 2.95. The number of H-pyrrole nitrogens is 1. The van der Waals surface area contributed by atoms with Crippen molar-refractivity contribution < 1.29 is 38.1 Å². The smallest absolute Gasteiger partial charge is 0.444 e. The number of aromatic amines is 1. The van der Waals surface area contributed by atoms with Crippen molar-refractivity contribution in [3.05, 3.63) is 33.1 Å². The van der Waals surface area contributed by atoms with E-state index < -0.39 is 47.1 Å². The summed E-state index contributed by atoms with van der Waals surface area (Å²) in [6.07, 6.45) is 0.805. The summed E-state index contributed by atoms with van der Waals surface area (Å²) in [7, 11) is 0. The summed E-state index contributed by atoms with van der Waals surface area (Å²) in [5, 5.41) is 5.18. The van der Waals surface area contributed by atoms with Crippen LogP contribution in [0.3, 0.4) is 0 Å². The first-order valence-electron chi connectivity index (χ1n) is 14.8. The quantitative estimate of drug-likeness (QED) is 0.0956. The van der Waals surface area contributed by atoms with Gasteiger partial charge in [0.1, 0.15) is 25.2 Å². The van der Waals surface area contributed by atoms with E-state index in [0.29, 0.717) is 38.9 Å². The van der Waals surface area contributed by atoms with Crippen molar-refractivity contribution in [2.45, 2.75) is 85.2 Å². The fourth-order valence-electron chi connectivity index (χ4n) is 4.53. The van der Waals surface area contributed by atoms with Gasteiger partial charge in [-0.05, 0) is 54.4 Å². The second kappa shape index (κ2) is 16.2. The lowest BCUT2D eigenvalue weighted by atomic mass is 10.2. The van der Waals surface area contributed by atoms with Crippen LogP contribution in [0.25, 0.3) is 0 Å². The zero-order valence-electron chi connectivity index (χ0n) is 26.1. The highest BCUT2D eigenvalue weighted by atomic mass is 16.7. The Bertz CT molecular complexity index is 1210. The molecule has 2 heterocycles. The number of rotatable bonds is 13. The van der Waals surface area contributed by atoms with Crippen molar-refractivity contribution >= 4 is 23.9 Å². The Hall–Kier alpha value is -3.72. The zero-order chi connectivity index (χ0) is 32.2. The molecule has 2 atom stereocenters. The minimum atomic E-state index is -1.02. The molecule has 1 aromatic rings. The van der Waals surface area contributed by atoms with E-state index in [9.17, 15) is 28.8 Å². The summed E-state index contributed by atoms with van der Waals surface area (Å²) < 4.78 is 12.6. The predicted octanol–water partition coefficient (Wildman–Crippen LogP) is 0.799. The average molecular weight is 612 g/mol. The molecule has 15 heteroatoms. The molecule has 1 saturated heterocycles. The number of hydroxylamine groups is 3. The summed E-state index contributed by atoms with van der Waals surface area (Å²) in [5.41, 5.74) is -2.07. The number of aromatic nitrogens is 2. The third kappa shape index (κ3) is 11.5. The van der Waals surface area contributed by atoms with E-state index in [1.165, 1.54) is 11.1 Å². The van der Waals surface area contributed by atoms with Crippen molar-refractivity contribution in [3.8, 4) is 0 Å². The van der Waals surface area contributed by atoms with Crippen LogP contribution in [0.5, 0.6) is 0 Å². The van der Waals surface area contributed by atoms with Crippen LogP contribution in [0.15, 0.2) is 21.9 Å². The van der Waals surface area contributed by atoms with Gasteiger partial charge in [0.2, 0.25) is 0 Å². The van der Waals surface area contributed by atoms with Gasteiger partial charge in [-0.1, -0.05) is 6.42 Å². The van der Waals surface area contributed by atoms with Gasteiger partial charge in [0.25, 0.3) is 10.4 Å². The van der Waals surface area contributed by atoms with Gasteiger partial charge >= 0.3 is 29.6 Å². The highest BCUT2D eigenvalue weighted by Crippen LogP contribution is 2.19. The number of unbranched alkanes of at least 4 members (excludes halogenated alkanes) is 2. The lowest BCUT2D eigenvalue weighted by Gasteiger charge is -2.35. The van der Waals surface area contributed by atoms with Crippen LogP contribution in [0.4, 0.5) is 4.79 Å². The molecule has 0 spiro atoms. The fraction of sp³-hybridized carbons (Fsp3) is 0.714. The number of carbonyl (C=O) groups excluding carboxylic acids is 4. The van der Waals surface area contributed by atoms with E-state index in [2.05, 4.69) is 15.6 Å². The third-order valence-electron chi connectivity index (χ3n) is 7.03. The van der Waals surface area contributed by atoms with Crippen LogP contribution < -0.4 is 21.9 Å². The summed E-state index contributed by atoms with van der Waals surface area (Å²) in [6, 6.07) is 1.14. The molecular weight excluding hydrogens is 564 g/mol. The predicted molar refractivity (Wildman–Crippen MR) is 156 cm³/mol. The number of hydrogen-bond donors (Lipinski definition) is 3. The van der Waals surface area contributed by atoms with Crippen molar-refractivity contribution in [1.82, 2.24) is 25.1 Å². The number of nitrogens with zero attached hydrogens (tertiary/aromatic N) is 3. The molecule has 0 aliphatic carbocycles. The lowest BCUT2D eigenvalue weighted by Crippen LogP contribution is -2.56. The molecule has 0 saturated carbocycles. The number of morpholine rings is 1. The number of nitrogens with one attached hydrogen (secondary N) is 3. The van der Waals surface area contributed by atoms with E-state index in [0.717, 1.165) is 10.6 Å². The first kappa shape index (κ1) is 35.5. The second-order valence-electron chi connectivity index (χ2n) is 11.4. The van der Waals surface area contributed by atoms with E-state index in [4.69, 9.17) is 14.3 Å². The number of amides is 3. The van der Waals surface area contributed by atoms with E-state index in [1.54, 1.807) is 20.8 Å². The molecule has 15 nitrogen and oxygen atoms in total. The maximum absolute atomic E-state index is 13.1. The van der Waals surface area contributed by atoms with Gasteiger partial charge in [0.15, 0.2) is 6.23 Å². The minimum Gasteiger partial charge on any atom is -0.444 e. The van der Waals surface area contributed by atoms with E-state index in [1.807, 2.05) is 20.8 Å². The molecule has 3 N–H and O–H groups in total. The second-order valence-corrected chi connectivity index (χ2v) is 11.4. The first-order chi connectivity index (χ1) is 20.2. The number of quaternary nitrogens is 1. The molecule has 0 aromatic carbocycles. The van der Waals surface area contributed by atoms with E-state index in [-0.39, 0.29) is 43.2 Å². The van der Waals surface area contributed by atoms with Crippen molar-refractivity contribution in [3.63, 3.8) is 0 Å². The van der Waals surface area contributed by atoms with Gasteiger partial charge in [-0.15, -0.1) is 4.65 Å². The molecule has 1 aliphatic rings. The minimum absolute atomic E-state index is 0.0357. The van der Waals surface area contributed by atoms with Gasteiger partial charge in [-0.3, -0.25) is 28.9 Å². The Morgan fingerprint density at radius 3 is 2.35 bits per heavy atom. The van der Waals surface area contributed by atoms with Crippen molar-refractivity contribution in [2.24, 2.45) is 0 Å². The van der Waals surface area contributed by atoms with Crippen LogP contribution in [-0.2, 0) is 28.7 Å². The molecule has 1 radical (unpaired) electrons. The highest BCUT2D eigenvalue weighted by molar-refractivity contribution is 6.35. The molecule has 1 fully saturated rings. The van der Waals surface area contributed by atoms with Crippen molar-refractivity contribution in [2.75, 3.05) is 45.8 Å². The molecule has 1 aromatic heterocycles. The SMILES string of the molecule is CC[N+](CC)(CC)OC(=O)CCCCCNC(=O)C(=[O+])N1C[C@@H](CNC(=O)OC(C)(C)C)O[C@@H](n2ccc(=O)[nH]c2=O)C1. The topological polar surface area (TPSA) is 181 Å². The van der Waals surface area contributed by atoms with Crippen LogP contribution in [0.1, 0.15) is 73.5 Å². The molecule has 1 aliphatic heterocycles. The maximum atomic E-state index is 13.1. The lowest BCUT2D eigenvalue weighted by molar-refractivity contribution is -1.09. The molecule has 0 unspecified atom stereocenters. The maximum Gasteiger partial charge on any atom is 0.632 e. The monoisotopic (exact) mass is 611 g/mol. The molecule has 3 amide bonds. The summed E-state index contributed by atoms with van der Waals surface area (Å²) >= 11 is 0. The van der Waals surface area contributed by atoms with Gasteiger partial charge in [-0.2, -0.15) is 0 Å². The summed E-state index contributed by atoms with van der Waals surface area (Å²) in [5.74, 6) is -1.92. The Morgan fingerprint density at radius 1 is 1.07 bits per heavy atom. The zero-order valence-corrected chi connectivity index (χ0v) is 26.1. The molecule has 0 bridgehead atoms. The highest BCUT2D eigenvalue weighted by Gasteiger charge is 2.42. The van der Waals surface area contributed by atoms with Crippen LogP contribution in [0, 0.1) is 0 Å². The Balaban J connectivity index is 1.93. The molecule has 2 rings (SSSR count). The van der Waals surface area contributed by atoms with Gasteiger partial charge in [0, 0.05) is 25.4 Å². The van der Waals surface area contributed by atoms with E-state index >= 15 is 0 Å². The fourth-order valence-corrected chi connectivity index (χ4v) is 4.53. The normalized spacial score (nSPS) is 17.2. The number of ether oxygens (including phenoxy) is 2. The Labute approximate surface area is 251 Å². The third-order valence-corrected chi connectivity index (χ3v) is 7.03. The molecule has 241 valence electrons. The van der Waals surface area contributed by atoms with Gasteiger partial charge in [0.05, 0.1) is 25.6 Å². The largest absolute Gasteiger partial charge is 0.632 e. The number of alkyl carbamates (subject to hydrolysis) is 1. The number of hydrogen-bond acceptors (Lipinski definition) is 9. The Kier molecular flexibility index (Phi) is 13.4. The van der Waals surface area contributed by atoms with Gasteiger partial charge in [-0.25, -0.2) is 14.4 Å². The van der Waals surface area contributed by atoms with Crippen LogP contribution in [0.2, 0.25) is 0 Å². The molecule has 43 heavy (non-hydrogen) atoms.